The number of carbonyl (C=O) groups is 1. The highest BCUT2D eigenvalue weighted by atomic mass is 16.7. The lowest BCUT2D eigenvalue weighted by Gasteiger charge is -2.20. The van der Waals surface area contributed by atoms with Gasteiger partial charge in [-0.25, -0.2) is 0 Å². The lowest BCUT2D eigenvalue weighted by molar-refractivity contribution is -0.314. The minimum absolute atomic E-state index is 0.0853. The molecule has 1 heterocycles. The highest BCUT2D eigenvalue weighted by molar-refractivity contribution is 5.72. The highest BCUT2D eigenvalue weighted by Crippen LogP contribution is 2.17. The molecule has 0 bridgehead atoms. The topological polar surface area (TPSA) is 176 Å². The second-order valence-corrected chi connectivity index (χ2v) is 5.52. The Balaban J connectivity index is 2.53. The summed E-state index contributed by atoms with van der Waals surface area (Å²) in [5.41, 5.74) is 0.588. The Bertz CT molecular complexity index is 518. The predicted octanol–water partition coefficient (Wildman–Crippen LogP) is -2.33. The molecule has 1 amide bonds. The molecule has 3 unspecified atom stereocenters. The van der Waals surface area contributed by atoms with Crippen LogP contribution < -0.4 is 5.32 Å². The summed E-state index contributed by atoms with van der Waals surface area (Å²) in [4.78, 5) is 18.7. The SMILES string of the molecule is CC(=O)NC(O)CC(O)C(O)c1cnc(CCCC(O)(O)O)cn1. The van der Waals surface area contributed by atoms with Crippen molar-refractivity contribution in [2.45, 2.75) is 57.0 Å². The number of nitrogens with zero attached hydrogens (tertiary/aromatic N) is 2. The van der Waals surface area contributed by atoms with Gasteiger partial charge in [0.05, 0.1) is 23.7 Å². The maximum atomic E-state index is 10.8. The maximum absolute atomic E-state index is 10.8. The molecule has 10 heteroatoms. The Morgan fingerprint density at radius 3 is 2.38 bits per heavy atom. The van der Waals surface area contributed by atoms with Crippen molar-refractivity contribution < 1.29 is 35.4 Å². The number of carbonyl (C=O) groups excluding carboxylic acids is 1. The minimum Gasteiger partial charge on any atom is -0.390 e. The Morgan fingerprint density at radius 2 is 1.88 bits per heavy atom. The van der Waals surface area contributed by atoms with Gasteiger partial charge in [0.25, 0.3) is 5.97 Å². The Kier molecular flexibility index (Phi) is 7.60. The van der Waals surface area contributed by atoms with Gasteiger partial charge in [-0.1, -0.05) is 0 Å². The molecule has 0 aromatic carbocycles. The number of aromatic nitrogens is 2. The van der Waals surface area contributed by atoms with Gasteiger partial charge in [0.2, 0.25) is 5.91 Å². The first kappa shape index (κ1) is 20.4. The van der Waals surface area contributed by atoms with Crippen LogP contribution in [0.1, 0.15) is 43.7 Å². The first-order valence-corrected chi connectivity index (χ1v) is 7.37. The molecule has 7 N–H and O–H groups in total. The summed E-state index contributed by atoms with van der Waals surface area (Å²) in [5.74, 6) is -3.19. The van der Waals surface area contributed by atoms with Gasteiger partial charge >= 0.3 is 0 Å². The molecule has 136 valence electrons. The quantitative estimate of drug-likeness (QED) is 0.242. The molecule has 0 spiro atoms. The minimum atomic E-state index is -2.72. The molecule has 0 saturated heterocycles. The fourth-order valence-corrected chi connectivity index (χ4v) is 2.00. The maximum Gasteiger partial charge on any atom is 0.275 e. The highest BCUT2D eigenvalue weighted by Gasteiger charge is 2.23. The van der Waals surface area contributed by atoms with Crippen LogP contribution in [-0.2, 0) is 11.2 Å². The average molecular weight is 345 g/mol. The third-order valence-corrected chi connectivity index (χ3v) is 3.17. The number of aliphatic hydroxyl groups excluding tert-OH is 3. The largest absolute Gasteiger partial charge is 0.390 e. The van der Waals surface area contributed by atoms with Crippen LogP contribution in [0.25, 0.3) is 0 Å². The number of aryl methyl sites for hydroxylation is 1. The summed E-state index contributed by atoms with van der Waals surface area (Å²) < 4.78 is 0. The standard InChI is InChI=1S/C14H23N3O7/c1-8(18)17-12(20)5-11(19)13(21)10-7-15-9(6-16-10)3-2-4-14(22,23)24/h6-7,11-13,19-24H,2-5H2,1H3,(H,17,18). The molecule has 0 radical (unpaired) electrons. The molecule has 24 heavy (non-hydrogen) atoms. The zero-order chi connectivity index (χ0) is 18.3. The van der Waals surface area contributed by atoms with Gasteiger partial charge in [0, 0.05) is 26.0 Å². The lowest BCUT2D eigenvalue weighted by Crippen LogP contribution is -2.37. The van der Waals surface area contributed by atoms with Crippen molar-refractivity contribution >= 4 is 5.91 Å². The van der Waals surface area contributed by atoms with Crippen molar-refractivity contribution in [2.75, 3.05) is 0 Å². The second kappa shape index (κ2) is 8.97. The number of amides is 1. The first-order chi connectivity index (χ1) is 11.1. The molecule has 0 aliphatic carbocycles. The molecule has 0 aliphatic rings. The van der Waals surface area contributed by atoms with Crippen LogP contribution in [-0.4, -0.2) is 64.8 Å². The summed E-state index contributed by atoms with van der Waals surface area (Å²) in [6.45, 7) is 1.21. The zero-order valence-electron chi connectivity index (χ0n) is 13.2. The molecule has 1 aromatic rings. The smallest absolute Gasteiger partial charge is 0.275 e. The van der Waals surface area contributed by atoms with Crippen molar-refractivity contribution in [2.24, 2.45) is 0 Å². The molecule has 3 atom stereocenters. The van der Waals surface area contributed by atoms with Gasteiger partial charge in [0.15, 0.2) is 0 Å². The lowest BCUT2D eigenvalue weighted by atomic mass is 10.1. The molecule has 0 fully saturated rings. The van der Waals surface area contributed by atoms with E-state index in [9.17, 15) is 20.1 Å². The molecular formula is C14H23N3O7. The van der Waals surface area contributed by atoms with Crippen LogP contribution in [0.5, 0.6) is 0 Å². The third-order valence-electron chi connectivity index (χ3n) is 3.17. The molecule has 10 nitrogen and oxygen atoms in total. The van der Waals surface area contributed by atoms with Gasteiger partial charge < -0.3 is 36.0 Å². The van der Waals surface area contributed by atoms with Crippen LogP contribution >= 0.6 is 0 Å². The van der Waals surface area contributed by atoms with Crippen LogP contribution in [0, 0.1) is 0 Å². The molecular weight excluding hydrogens is 322 g/mol. The van der Waals surface area contributed by atoms with E-state index in [0.717, 1.165) is 0 Å². The average Bonchev–Trinajstić information content (AvgIpc) is 2.45. The van der Waals surface area contributed by atoms with E-state index in [0.29, 0.717) is 12.1 Å². The summed E-state index contributed by atoms with van der Waals surface area (Å²) in [6.07, 6.45) is -1.39. The third kappa shape index (κ3) is 7.73. The van der Waals surface area contributed by atoms with E-state index in [1.54, 1.807) is 0 Å². The molecule has 0 aliphatic heterocycles. The monoisotopic (exact) mass is 345 g/mol. The Labute approximate surface area is 138 Å². The molecule has 1 rings (SSSR count). The number of hydrogen-bond acceptors (Lipinski definition) is 9. The van der Waals surface area contributed by atoms with E-state index >= 15 is 0 Å². The fraction of sp³-hybridized carbons (Fsp3) is 0.643. The second-order valence-electron chi connectivity index (χ2n) is 5.52. The number of hydrogen-bond donors (Lipinski definition) is 7. The predicted molar refractivity (Wildman–Crippen MR) is 79.8 cm³/mol. The van der Waals surface area contributed by atoms with Gasteiger partial charge in [-0.05, 0) is 12.8 Å². The summed E-state index contributed by atoms with van der Waals surface area (Å²) in [7, 11) is 0. The van der Waals surface area contributed by atoms with E-state index in [1.807, 2.05) is 0 Å². The van der Waals surface area contributed by atoms with Crippen molar-refractivity contribution in [3.05, 3.63) is 23.8 Å². The van der Waals surface area contributed by atoms with Crippen LogP contribution in [0.15, 0.2) is 12.4 Å². The van der Waals surface area contributed by atoms with Gasteiger partial charge in [-0.2, -0.15) is 0 Å². The van der Waals surface area contributed by atoms with E-state index in [2.05, 4.69) is 15.3 Å². The van der Waals surface area contributed by atoms with Crippen LogP contribution in [0.4, 0.5) is 0 Å². The number of aliphatic hydroxyl groups is 6. The summed E-state index contributed by atoms with van der Waals surface area (Å²) >= 11 is 0. The van der Waals surface area contributed by atoms with Gasteiger partial charge in [0.1, 0.15) is 12.3 Å². The Hall–Kier alpha value is -1.69. The van der Waals surface area contributed by atoms with Gasteiger partial charge in [-0.15, -0.1) is 0 Å². The number of rotatable bonds is 9. The first-order valence-electron chi connectivity index (χ1n) is 7.37. The summed E-state index contributed by atoms with van der Waals surface area (Å²) in [5, 5.41) is 57.8. The van der Waals surface area contributed by atoms with E-state index < -0.39 is 30.3 Å². The van der Waals surface area contributed by atoms with Crippen molar-refractivity contribution in [1.29, 1.82) is 0 Å². The Morgan fingerprint density at radius 1 is 1.21 bits per heavy atom. The van der Waals surface area contributed by atoms with Gasteiger partial charge in [-0.3, -0.25) is 14.8 Å². The summed E-state index contributed by atoms with van der Waals surface area (Å²) in [6, 6.07) is 0. The fourth-order valence-electron chi connectivity index (χ4n) is 2.00. The zero-order valence-corrected chi connectivity index (χ0v) is 13.2. The van der Waals surface area contributed by atoms with Crippen molar-refractivity contribution in [1.82, 2.24) is 15.3 Å². The normalized spacial score (nSPS) is 15.6. The van der Waals surface area contributed by atoms with E-state index in [1.165, 1.54) is 19.3 Å². The van der Waals surface area contributed by atoms with E-state index in [4.69, 9.17) is 15.3 Å². The number of nitrogens with one attached hydrogen (secondary N) is 1. The van der Waals surface area contributed by atoms with E-state index in [-0.39, 0.29) is 25.0 Å². The van der Waals surface area contributed by atoms with Crippen molar-refractivity contribution in [3.63, 3.8) is 0 Å². The molecule has 1 aromatic heterocycles. The van der Waals surface area contributed by atoms with Crippen LogP contribution in [0.2, 0.25) is 0 Å². The van der Waals surface area contributed by atoms with Crippen LogP contribution in [0.3, 0.4) is 0 Å². The molecule has 0 saturated carbocycles. The van der Waals surface area contributed by atoms with Crippen molar-refractivity contribution in [3.8, 4) is 0 Å².